The predicted molar refractivity (Wildman–Crippen MR) is 66.2 cm³/mol. The van der Waals surface area contributed by atoms with Gasteiger partial charge in [0, 0.05) is 6.04 Å². The van der Waals surface area contributed by atoms with Gasteiger partial charge in [0.1, 0.15) is 4.88 Å². The van der Waals surface area contributed by atoms with E-state index in [1.807, 2.05) is 6.92 Å². The highest BCUT2D eigenvalue weighted by atomic mass is 32.1. The van der Waals surface area contributed by atoms with Crippen LogP contribution in [0.3, 0.4) is 0 Å². The zero-order valence-electron chi connectivity index (χ0n) is 10.2. The highest BCUT2D eigenvalue weighted by molar-refractivity contribution is 7.17. The first-order valence-electron chi connectivity index (χ1n) is 5.49. The third-order valence-electron chi connectivity index (χ3n) is 2.24. The van der Waals surface area contributed by atoms with Gasteiger partial charge in [0.05, 0.1) is 12.3 Å². The van der Waals surface area contributed by atoms with Gasteiger partial charge in [-0.2, -0.15) is 0 Å². The molecule has 0 aliphatic heterocycles. The SMILES string of the molecule is CCOC(=O)c1sc(NC(C)CC)nc1C. The topological polar surface area (TPSA) is 51.2 Å². The van der Waals surface area contributed by atoms with Crippen molar-refractivity contribution in [1.82, 2.24) is 4.98 Å². The minimum Gasteiger partial charge on any atom is -0.462 e. The van der Waals surface area contributed by atoms with Gasteiger partial charge in [-0.15, -0.1) is 0 Å². The predicted octanol–water partition coefficient (Wildman–Crippen LogP) is 2.84. The van der Waals surface area contributed by atoms with E-state index < -0.39 is 0 Å². The summed E-state index contributed by atoms with van der Waals surface area (Å²) in [5.41, 5.74) is 0.731. The van der Waals surface area contributed by atoms with Crippen molar-refractivity contribution in [3.05, 3.63) is 10.6 Å². The summed E-state index contributed by atoms with van der Waals surface area (Å²) in [6.45, 7) is 8.20. The minimum absolute atomic E-state index is 0.283. The Hall–Kier alpha value is -1.10. The van der Waals surface area contributed by atoms with Crippen LogP contribution < -0.4 is 5.32 Å². The molecule has 1 heterocycles. The Bertz CT molecular complexity index is 363. The summed E-state index contributed by atoms with van der Waals surface area (Å²) in [5.74, 6) is -0.283. The number of anilines is 1. The molecule has 1 atom stereocenters. The molecule has 0 bridgehead atoms. The number of esters is 1. The van der Waals surface area contributed by atoms with Crippen molar-refractivity contribution in [2.75, 3.05) is 11.9 Å². The molecule has 0 amide bonds. The van der Waals surface area contributed by atoms with Gasteiger partial charge in [-0.05, 0) is 27.2 Å². The second-order valence-corrected chi connectivity index (χ2v) is 4.61. The molecule has 0 fully saturated rings. The molecular weight excluding hydrogens is 224 g/mol. The summed E-state index contributed by atoms with van der Waals surface area (Å²) in [6, 6.07) is 0.362. The summed E-state index contributed by atoms with van der Waals surface area (Å²) in [4.78, 5) is 16.5. The van der Waals surface area contributed by atoms with E-state index in [-0.39, 0.29) is 5.97 Å². The highest BCUT2D eigenvalue weighted by Gasteiger charge is 2.16. The molecule has 1 aromatic rings. The Morgan fingerprint density at radius 3 is 2.81 bits per heavy atom. The van der Waals surface area contributed by atoms with E-state index in [1.54, 1.807) is 6.92 Å². The van der Waals surface area contributed by atoms with E-state index in [1.165, 1.54) is 11.3 Å². The van der Waals surface area contributed by atoms with Crippen molar-refractivity contribution < 1.29 is 9.53 Å². The molecule has 5 heteroatoms. The van der Waals surface area contributed by atoms with Crippen LogP contribution in [0.5, 0.6) is 0 Å². The van der Waals surface area contributed by atoms with Gasteiger partial charge in [-0.1, -0.05) is 18.3 Å². The van der Waals surface area contributed by atoms with E-state index in [0.29, 0.717) is 17.5 Å². The van der Waals surface area contributed by atoms with Crippen molar-refractivity contribution >= 4 is 22.4 Å². The van der Waals surface area contributed by atoms with Gasteiger partial charge in [0.2, 0.25) is 0 Å². The van der Waals surface area contributed by atoms with Crippen LogP contribution in [-0.4, -0.2) is 23.6 Å². The molecule has 1 N–H and O–H groups in total. The molecular formula is C11H18N2O2S. The Labute approximate surface area is 100 Å². The molecule has 1 aromatic heterocycles. The maximum absolute atomic E-state index is 11.6. The number of carbonyl (C=O) groups excluding carboxylic acids is 1. The molecule has 0 aliphatic rings. The van der Waals surface area contributed by atoms with E-state index in [4.69, 9.17) is 4.74 Å². The number of nitrogens with zero attached hydrogens (tertiary/aromatic N) is 1. The molecule has 1 unspecified atom stereocenters. The number of hydrogen-bond donors (Lipinski definition) is 1. The molecule has 4 nitrogen and oxygen atoms in total. The Balaban J connectivity index is 2.77. The largest absolute Gasteiger partial charge is 0.462 e. The average Bonchev–Trinajstić information content (AvgIpc) is 2.59. The fraction of sp³-hybridized carbons (Fsp3) is 0.636. The van der Waals surface area contributed by atoms with Crippen LogP contribution in [0.25, 0.3) is 0 Å². The summed E-state index contributed by atoms with van der Waals surface area (Å²) in [5, 5.41) is 4.04. The number of aryl methyl sites for hydroxylation is 1. The molecule has 16 heavy (non-hydrogen) atoms. The normalized spacial score (nSPS) is 12.2. The molecule has 0 aromatic carbocycles. The standard InChI is InChI=1S/C11H18N2O2S/c1-5-7(3)12-11-13-8(4)9(16-11)10(14)15-6-2/h7H,5-6H2,1-4H3,(H,12,13). The lowest BCUT2D eigenvalue weighted by Gasteiger charge is -2.08. The lowest BCUT2D eigenvalue weighted by molar-refractivity contribution is 0.0531. The van der Waals surface area contributed by atoms with Gasteiger partial charge in [-0.25, -0.2) is 9.78 Å². The summed E-state index contributed by atoms with van der Waals surface area (Å²) in [6.07, 6.45) is 1.02. The van der Waals surface area contributed by atoms with Crippen LogP contribution >= 0.6 is 11.3 Å². The summed E-state index contributed by atoms with van der Waals surface area (Å²) >= 11 is 1.35. The van der Waals surface area contributed by atoms with Gasteiger partial charge < -0.3 is 10.1 Å². The molecule has 90 valence electrons. The highest BCUT2D eigenvalue weighted by Crippen LogP contribution is 2.24. The maximum Gasteiger partial charge on any atom is 0.350 e. The monoisotopic (exact) mass is 242 g/mol. The van der Waals surface area contributed by atoms with Crippen LogP contribution in [0.1, 0.15) is 42.6 Å². The lowest BCUT2D eigenvalue weighted by Crippen LogP contribution is -2.12. The average molecular weight is 242 g/mol. The van der Waals surface area contributed by atoms with E-state index in [0.717, 1.165) is 17.2 Å². The van der Waals surface area contributed by atoms with E-state index in [2.05, 4.69) is 24.1 Å². The fourth-order valence-corrected chi connectivity index (χ4v) is 2.13. The van der Waals surface area contributed by atoms with Crippen LogP contribution in [-0.2, 0) is 4.74 Å². The third kappa shape index (κ3) is 3.20. The zero-order chi connectivity index (χ0) is 12.1. The first-order chi connectivity index (χ1) is 7.58. The molecule has 1 rings (SSSR count). The van der Waals surface area contributed by atoms with Gasteiger partial charge in [-0.3, -0.25) is 0 Å². The van der Waals surface area contributed by atoms with Crippen molar-refractivity contribution in [2.24, 2.45) is 0 Å². The van der Waals surface area contributed by atoms with Gasteiger partial charge in [0.15, 0.2) is 5.13 Å². The fourth-order valence-electron chi connectivity index (χ4n) is 1.16. The number of aromatic nitrogens is 1. The van der Waals surface area contributed by atoms with Crippen LogP contribution in [0.4, 0.5) is 5.13 Å². The second kappa shape index (κ2) is 5.84. The van der Waals surface area contributed by atoms with Crippen molar-refractivity contribution in [3.63, 3.8) is 0 Å². The first-order valence-corrected chi connectivity index (χ1v) is 6.31. The van der Waals surface area contributed by atoms with E-state index >= 15 is 0 Å². The number of carbonyl (C=O) groups is 1. The van der Waals surface area contributed by atoms with Crippen molar-refractivity contribution in [1.29, 1.82) is 0 Å². The Morgan fingerprint density at radius 2 is 2.25 bits per heavy atom. The first kappa shape index (κ1) is 13.0. The Morgan fingerprint density at radius 1 is 1.56 bits per heavy atom. The molecule has 0 saturated heterocycles. The number of nitrogens with one attached hydrogen (secondary N) is 1. The summed E-state index contributed by atoms with van der Waals surface area (Å²) in [7, 11) is 0. The quantitative estimate of drug-likeness (QED) is 0.807. The number of thiazole rings is 1. The van der Waals surface area contributed by atoms with Crippen LogP contribution in [0.15, 0.2) is 0 Å². The maximum atomic E-state index is 11.6. The smallest absolute Gasteiger partial charge is 0.350 e. The van der Waals surface area contributed by atoms with Gasteiger partial charge >= 0.3 is 5.97 Å². The van der Waals surface area contributed by atoms with Crippen molar-refractivity contribution in [3.8, 4) is 0 Å². The van der Waals surface area contributed by atoms with E-state index in [9.17, 15) is 4.79 Å². The third-order valence-corrected chi connectivity index (χ3v) is 3.31. The van der Waals surface area contributed by atoms with Gasteiger partial charge in [0.25, 0.3) is 0 Å². The minimum atomic E-state index is -0.283. The lowest BCUT2D eigenvalue weighted by atomic mass is 10.3. The summed E-state index contributed by atoms with van der Waals surface area (Å²) < 4.78 is 4.96. The number of hydrogen-bond acceptors (Lipinski definition) is 5. The molecule has 0 radical (unpaired) electrons. The molecule has 0 spiro atoms. The van der Waals surface area contributed by atoms with Crippen LogP contribution in [0.2, 0.25) is 0 Å². The molecule has 0 saturated carbocycles. The molecule has 0 aliphatic carbocycles. The van der Waals surface area contributed by atoms with Crippen LogP contribution in [0, 0.1) is 6.92 Å². The number of rotatable bonds is 5. The number of ether oxygens (including phenoxy) is 1. The van der Waals surface area contributed by atoms with Crippen molar-refractivity contribution in [2.45, 2.75) is 40.2 Å². The second-order valence-electron chi connectivity index (χ2n) is 3.61. The zero-order valence-corrected chi connectivity index (χ0v) is 11.0. The Kier molecular flexibility index (Phi) is 4.73.